The molecule has 3 heterocycles. The third kappa shape index (κ3) is 5.33. The number of carbonyl (C=O) groups excluding carboxylic acids is 1. The van der Waals surface area contributed by atoms with Crippen molar-refractivity contribution < 1.29 is 9.53 Å². The van der Waals surface area contributed by atoms with Gasteiger partial charge in [-0.2, -0.15) is 0 Å². The van der Waals surface area contributed by atoms with Crippen LogP contribution in [-0.4, -0.2) is 46.5 Å². The summed E-state index contributed by atoms with van der Waals surface area (Å²) in [5, 5.41) is 7.04. The van der Waals surface area contributed by atoms with Crippen LogP contribution in [0.2, 0.25) is 0 Å². The molecule has 4 aromatic rings. The van der Waals surface area contributed by atoms with E-state index < -0.39 is 0 Å². The first-order valence-electron chi connectivity index (χ1n) is 12.1. The topological polar surface area (TPSA) is 102 Å². The van der Waals surface area contributed by atoms with Gasteiger partial charge in [-0.1, -0.05) is 32.0 Å². The zero-order valence-corrected chi connectivity index (χ0v) is 21.3. The van der Waals surface area contributed by atoms with Gasteiger partial charge in [0.25, 0.3) is 5.91 Å². The number of fused-ring (bicyclic) bond motifs is 1. The predicted octanol–water partition coefficient (Wildman–Crippen LogP) is 5.01. The number of hydrogen-bond donors (Lipinski definition) is 2. The lowest BCUT2D eigenvalue weighted by Gasteiger charge is -2.22. The van der Waals surface area contributed by atoms with Gasteiger partial charge in [-0.05, 0) is 42.5 Å². The Labute approximate surface area is 211 Å². The maximum Gasteiger partial charge on any atom is 0.251 e. The number of nitrogens with one attached hydrogen (secondary N) is 2. The molecule has 0 aliphatic heterocycles. The Balaban J connectivity index is 1.50. The van der Waals surface area contributed by atoms with Crippen LogP contribution in [0.25, 0.3) is 22.2 Å². The van der Waals surface area contributed by atoms with E-state index in [2.05, 4.69) is 50.5 Å². The van der Waals surface area contributed by atoms with E-state index in [0.717, 1.165) is 39.2 Å². The second-order valence-electron chi connectivity index (χ2n) is 8.96. The summed E-state index contributed by atoms with van der Waals surface area (Å²) in [6, 6.07) is 13.7. The van der Waals surface area contributed by atoms with Gasteiger partial charge in [0.05, 0.1) is 28.6 Å². The van der Waals surface area contributed by atoms with Crippen LogP contribution in [-0.2, 0) is 4.74 Å². The Kier molecular flexibility index (Phi) is 7.85. The summed E-state index contributed by atoms with van der Waals surface area (Å²) in [5.41, 5.74) is 5.25. The van der Waals surface area contributed by atoms with Crippen LogP contribution in [0.1, 0.15) is 54.4 Å². The van der Waals surface area contributed by atoms with Crippen LogP contribution in [0.3, 0.4) is 0 Å². The highest BCUT2D eigenvalue weighted by atomic mass is 16.5. The van der Waals surface area contributed by atoms with Gasteiger partial charge in [0, 0.05) is 50.1 Å². The molecule has 1 amide bonds. The van der Waals surface area contributed by atoms with Gasteiger partial charge < -0.3 is 15.4 Å². The molecule has 3 aromatic heterocycles. The molecule has 0 fully saturated rings. The van der Waals surface area contributed by atoms with E-state index in [4.69, 9.17) is 4.74 Å². The minimum absolute atomic E-state index is 0.0947. The molecule has 0 saturated carbocycles. The van der Waals surface area contributed by atoms with E-state index in [1.807, 2.05) is 37.3 Å². The average molecular weight is 485 g/mol. The summed E-state index contributed by atoms with van der Waals surface area (Å²) in [6.45, 7) is 7.07. The molecule has 0 spiro atoms. The number of anilines is 1. The molecule has 36 heavy (non-hydrogen) atoms. The molecule has 8 heteroatoms. The quantitative estimate of drug-likeness (QED) is 0.344. The lowest BCUT2D eigenvalue weighted by Crippen LogP contribution is -2.19. The lowest BCUT2D eigenvalue weighted by atomic mass is 9.87. The molecule has 186 valence electrons. The average Bonchev–Trinajstić information content (AvgIpc) is 2.94. The summed E-state index contributed by atoms with van der Waals surface area (Å²) in [6.07, 6.45) is 4.95. The largest absolute Gasteiger partial charge is 0.375 e. The third-order valence-corrected chi connectivity index (χ3v) is 6.74. The highest BCUT2D eigenvalue weighted by Gasteiger charge is 2.19. The van der Waals surface area contributed by atoms with Gasteiger partial charge in [-0.3, -0.25) is 14.8 Å². The van der Waals surface area contributed by atoms with Crippen LogP contribution in [0, 0.1) is 5.92 Å². The van der Waals surface area contributed by atoms with Gasteiger partial charge in [-0.15, -0.1) is 0 Å². The molecule has 3 atom stereocenters. The zero-order chi connectivity index (χ0) is 25.7. The number of pyridine rings is 2. The smallest absolute Gasteiger partial charge is 0.251 e. The molecule has 2 N–H and O–H groups in total. The molecule has 0 saturated heterocycles. The standard InChI is InChI=1S/C28H32N6O2/c1-17(18(2)21-7-6-8-22-23(28(35)29-4)10-12-31-27(21)22)15-32-26-14-25(33-16-34-26)20-9-11-30-24(13-20)19(3)36-5/h6-14,16-19H,15H2,1-5H3,(H,29,35)(H,32,33,34)/t17-,18?,19+/m1/s1. The van der Waals surface area contributed by atoms with Gasteiger partial charge in [0.2, 0.25) is 0 Å². The van der Waals surface area contributed by atoms with Gasteiger partial charge in [0.15, 0.2) is 0 Å². The number of para-hydroxylation sites is 1. The molecule has 0 aliphatic carbocycles. The Morgan fingerprint density at radius 3 is 2.58 bits per heavy atom. The minimum Gasteiger partial charge on any atom is -0.375 e. The lowest BCUT2D eigenvalue weighted by molar-refractivity contribution is 0.0964. The van der Waals surface area contributed by atoms with Gasteiger partial charge in [0.1, 0.15) is 12.1 Å². The van der Waals surface area contributed by atoms with Gasteiger partial charge >= 0.3 is 0 Å². The van der Waals surface area contributed by atoms with Crippen molar-refractivity contribution in [3.63, 3.8) is 0 Å². The summed E-state index contributed by atoms with van der Waals surface area (Å²) < 4.78 is 5.39. The minimum atomic E-state index is -0.112. The maximum atomic E-state index is 12.3. The highest BCUT2D eigenvalue weighted by molar-refractivity contribution is 6.06. The summed E-state index contributed by atoms with van der Waals surface area (Å²) >= 11 is 0. The number of benzene rings is 1. The number of carbonyl (C=O) groups is 1. The first-order chi connectivity index (χ1) is 17.4. The van der Waals surface area contributed by atoms with Crippen LogP contribution in [0.15, 0.2) is 61.2 Å². The van der Waals surface area contributed by atoms with Crippen LogP contribution < -0.4 is 10.6 Å². The fourth-order valence-electron chi connectivity index (χ4n) is 4.21. The summed E-state index contributed by atoms with van der Waals surface area (Å²) in [4.78, 5) is 30.2. The highest BCUT2D eigenvalue weighted by Crippen LogP contribution is 2.31. The second-order valence-corrected chi connectivity index (χ2v) is 8.96. The third-order valence-electron chi connectivity index (χ3n) is 6.74. The summed E-state index contributed by atoms with van der Waals surface area (Å²) in [7, 11) is 3.31. The molecular formula is C28H32N6O2. The second kappa shape index (κ2) is 11.2. The number of methoxy groups -OCH3 is 1. The number of rotatable bonds is 9. The van der Waals surface area contributed by atoms with E-state index in [1.54, 1.807) is 38.9 Å². The summed E-state index contributed by atoms with van der Waals surface area (Å²) in [5.74, 6) is 1.12. The van der Waals surface area contributed by atoms with Crippen molar-refractivity contribution in [3.8, 4) is 11.3 Å². The molecule has 0 aliphatic rings. The Hall–Kier alpha value is -3.91. The Morgan fingerprint density at radius 1 is 1.00 bits per heavy atom. The van der Waals surface area contributed by atoms with Crippen molar-refractivity contribution in [1.82, 2.24) is 25.3 Å². The first kappa shape index (κ1) is 25.2. The van der Waals surface area contributed by atoms with Crippen LogP contribution in [0.5, 0.6) is 0 Å². The van der Waals surface area contributed by atoms with Crippen LogP contribution >= 0.6 is 0 Å². The number of hydrogen-bond acceptors (Lipinski definition) is 7. The molecule has 0 radical (unpaired) electrons. The zero-order valence-electron chi connectivity index (χ0n) is 21.3. The molecule has 4 rings (SSSR count). The van der Waals surface area contributed by atoms with E-state index in [-0.39, 0.29) is 23.8 Å². The van der Waals surface area contributed by atoms with E-state index in [9.17, 15) is 4.79 Å². The van der Waals surface area contributed by atoms with Crippen molar-refractivity contribution in [3.05, 3.63) is 78.0 Å². The maximum absolute atomic E-state index is 12.3. The molecular weight excluding hydrogens is 452 g/mol. The van der Waals surface area contributed by atoms with Crippen molar-refractivity contribution in [2.45, 2.75) is 32.8 Å². The normalized spacial score (nSPS) is 13.7. The monoisotopic (exact) mass is 484 g/mol. The molecule has 1 unspecified atom stereocenters. The number of aromatic nitrogens is 4. The molecule has 8 nitrogen and oxygen atoms in total. The SMILES string of the molecule is CNC(=O)c1ccnc2c(C(C)[C@H](C)CNc3cc(-c4ccnc([C@H](C)OC)c4)ncn3)cccc12. The molecule has 0 bridgehead atoms. The number of amides is 1. The molecule has 1 aromatic carbocycles. The van der Waals surface area contributed by atoms with Crippen molar-refractivity contribution in [2.75, 3.05) is 26.0 Å². The first-order valence-corrected chi connectivity index (χ1v) is 12.1. The number of ether oxygens (including phenoxy) is 1. The van der Waals surface area contributed by atoms with Crippen LogP contribution in [0.4, 0.5) is 5.82 Å². The van der Waals surface area contributed by atoms with E-state index in [1.165, 1.54) is 0 Å². The van der Waals surface area contributed by atoms with E-state index >= 15 is 0 Å². The Morgan fingerprint density at radius 2 is 1.81 bits per heavy atom. The van der Waals surface area contributed by atoms with Crippen molar-refractivity contribution in [1.29, 1.82) is 0 Å². The van der Waals surface area contributed by atoms with Crippen molar-refractivity contribution in [2.24, 2.45) is 5.92 Å². The number of nitrogens with zero attached hydrogens (tertiary/aromatic N) is 4. The Bertz CT molecular complexity index is 1360. The van der Waals surface area contributed by atoms with E-state index in [0.29, 0.717) is 12.1 Å². The van der Waals surface area contributed by atoms with Crippen molar-refractivity contribution >= 4 is 22.6 Å². The fraction of sp³-hybridized carbons (Fsp3) is 0.321. The predicted molar refractivity (Wildman–Crippen MR) is 142 cm³/mol. The fourth-order valence-corrected chi connectivity index (χ4v) is 4.21. The van der Waals surface area contributed by atoms with Gasteiger partial charge in [-0.25, -0.2) is 9.97 Å².